The molecule has 5 heterocycles. The van der Waals surface area contributed by atoms with Crippen LogP contribution in [0.15, 0.2) is 73.3 Å². The predicted molar refractivity (Wildman–Crippen MR) is 210 cm³/mol. The number of halogens is 5. The standard InChI is InChI=1S/C40H38ClF4N7O5S/c1-24-28(8-9-30(35(24)41)55-18-17-51-15-13-50(2)14-16-51)33-34-37(47-23-48-38(34)58-36(33)26-7-10-32(42)46-20-26)57-31(39(53)54)19-25-5-3-4-6-29(25)56-21-27-11-12-49-52(27)22-40(43,44)45/h3-12,20,23,31H,13-19,21-22H2,1-2H3,(H,53,54)/t31-/m1/s1. The summed E-state index contributed by atoms with van der Waals surface area (Å²) in [4.78, 5) is 31.3. The lowest BCUT2D eigenvalue weighted by Crippen LogP contribution is -2.45. The quantitative estimate of drug-likeness (QED) is 0.0813. The van der Waals surface area contributed by atoms with E-state index in [1.54, 1.807) is 36.4 Å². The van der Waals surface area contributed by atoms with E-state index in [0.717, 1.165) is 37.4 Å². The lowest BCUT2D eigenvalue weighted by Gasteiger charge is -2.32. The SMILES string of the molecule is Cc1c(-c2c(-c3ccc(F)nc3)sc3ncnc(O[C@H](Cc4ccccc4OCc4ccnn4CC(F)(F)F)C(=O)O)c23)ccc(OCCN2CCN(C)CC2)c1Cl. The van der Waals surface area contributed by atoms with E-state index in [2.05, 4.69) is 36.9 Å². The van der Waals surface area contributed by atoms with Gasteiger partial charge in [0.2, 0.25) is 17.9 Å². The van der Waals surface area contributed by atoms with Crippen LogP contribution in [-0.4, -0.2) is 104 Å². The summed E-state index contributed by atoms with van der Waals surface area (Å²) in [5.41, 5.74) is 3.09. The number of thiophene rings is 1. The van der Waals surface area contributed by atoms with Crippen molar-refractivity contribution in [1.82, 2.24) is 34.5 Å². The van der Waals surface area contributed by atoms with Gasteiger partial charge in [0, 0.05) is 67.5 Å². The number of carboxylic acids is 1. The van der Waals surface area contributed by atoms with Gasteiger partial charge in [-0.15, -0.1) is 11.3 Å². The van der Waals surface area contributed by atoms with Crippen molar-refractivity contribution in [3.05, 3.63) is 101 Å². The van der Waals surface area contributed by atoms with Gasteiger partial charge in [0.15, 0.2) is 0 Å². The summed E-state index contributed by atoms with van der Waals surface area (Å²) in [6.07, 6.45) is -2.26. The molecule has 304 valence electrons. The number of fused-ring (bicyclic) bond motifs is 1. The molecule has 12 nitrogen and oxygen atoms in total. The van der Waals surface area contributed by atoms with Crippen LogP contribution in [-0.2, 0) is 24.4 Å². The van der Waals surface area contributed by atoms with Crippen molar-refractivity contribution in [1.29, 1.82) is 0 Å². The average Bonchev–Trinajstić information content (AvgIpc) is 3.80. The van der Waals surface area contributed by atoms with Crippen molar-refractivity contribution >= 4 is 39.1 Å². The Morgan fingerprint density at radius 3 is 2.53 bits per heavy atom. The molecular weight excluding hydrogens is 802 g/mol. The summed E-state index contributed by atoms with van der Waals surface area (Å²) in [5.74, 6) is -1.23. The van der Waals surface area contributed by atoms with Crippen LogP contribution in [0.4, 0.5) is 17.6 Å². The first kappa shape index (κ1) is 40.8. The Hall–Kier alpha value is -5.36. The van der Waals surface area contributed by atoms with E-state index in [-0.39, 0.29) is 30.4 Å². The fraction of sp³-hybridized carbons (Fsp3) is 0.325. The number of rotatable bonds is 15. The first-order chi connectivity index (χ1) is 27.8. The van der Waals surface area contributed by atoms with Crippen LogP contribution in [0.3, 0.4) is 0 Å². The number of carbonyl (C=O) groups is 1. The van der Waals surface area contributed by atoms with Crippen molar-refractivity contribution in [3.63, 3.8) is 0 Å². The highest BCUT2D eigenvalue weighted by molar-refractivity contribution is 7.22. The number of aromatic nitrogens is 5. The second-order valence-corrected chi connectivity index (χ2v) is 15.1. The predicted octanol–water partition coefficient (Wildman–Crippen LogP) is 7.56. The van der Waals surface area contributed by atoms with E-state index in [1.807, 2.05) is 13.0 Å². The Labute approximate surface area is 339 Å². The van der Waals surface area contributed by atoms with Gasteiger partial charge in [-0.05, 0) is 61.0 Å². The zero-order valence-electron chi connectivity index (χ0n) is 31.4. The molecule has 4 aromatic heterocycles. The Bertz CT molecular complexity index is 2390. The number of likely N-dealkylation sites (N-methyl/N-ethyl adjacent to an activating group) is 1. The minimum absolute atomic E-state index is 0.0255. The summed E-state index contributed by atoms with van der Waals surface area (Å²) in [6.45, 7) is 5.38. The highest BCUT2D eigenvalue weighted by Gasteiger charge is 2.30. The first-order valence-electron chi connectivity index (χ1n) is 18.2. The van der Waals surface area contributed by atoms with Crippen molar-refractivity contribution in [2.75, 3.05) is 46.4 Å². The summed E-state index contributed by atoms with van der Waals surface area (Å²) in [5, 5.41) is 15.0. The average molecular weight is 840 g/mol. The highest BCUT2D eigenvalue weighted by atomic mass is 35.5. The third-order valence-electron chi connectivity index (χ3n) is 9.74. The summed E-state index contributed by atoms with van der Waals surface area (Å²) in [7, 11) is 2.10. The summed E-state index contributed by atoms with van der Waals surface area (Å²) in [6, 6.07) is 14.5. The number of ether oxygens (including phenoxy) is 3. The maximum Gasteiger partial charge on any atom is 0.408 e. The van der Waals surface area contributed by atoms with Gasteiger partial charge in [-0.2, -0.15) is 22.7 Å². The third kappa shape index (κ3) is 9.49. The van der Waals surface area contributed by atoms with Gasteiger partial charge in [0.1, 0.15) is 42.4 Å². The molecule has 7 rings (SSSR count). The van der Waals surface area contributed by atoms with Crippen LogP contribution >= 0.6 is 22.9 Å². The van der Waals surface area contributed by atoms with Gasteiger partial charge in [0.25, 0.3) is 0 Å². The first-order valence-corrected chi connectivity index (χ1v) is 19.4. The molecule has 0 bridgehead atoms. The topological polar surface area (TPSA) is 128 Å². The number of benzene rings is 2. The van der Waals surface area contributed by atoms with Crippen LogP contribution in [0.1, 0.15) is 16.8 Å². The van der Waals surface area contributed by atoms with Crippen molar-refractivity contribution in [2.24, 2.45) is 0 Å². The number of piperazine rings is 1. The Kier molecular flexibility index (Phi) is 12.4. The molecule has 0 aliphatic carbocycles. The number of hydrogen-bond acceptors (Lipinski definition) is 11. The minimum atomic E-state index is -4.48. The van der Waals surface area contributed by atoms with E-state index >= 15 is 0 Å². The molecule has 1 saturated heterocycles. The van der Waals surface area contributed by atoms with Crippen LogP contribution in [0, 0.1) is 12.9 Å². The van der Waals surface area contributed by atoms with E-state index in [0.29, 0.717) is 60.3 Å². The monoisotopic (exact) mass is 839 g/mol. The molecular formula is C40H38ClF4N7O5S. The number of alkyl halides is 3. The minimum Gasteiger partial charge on any atom is -0.491 e. The number of nitrogens with zero attached hydrogens (tertiary/aromatic N) is 7. The molecule has 1 fully saturated rings. The largest absolute Gasteiger partial charge is 0.491 e. The van der Waals surface area contributed by atoms with Crippen LogP contribution in [0.2, 0.25) is 5.02 Å². The molecule has 6 aromatic rings. The molecule has 58 heavy (non-hydrogen) atoms. The third-order valence-corrected chi connectivity index (χ3v) is 11.4. The normalized spacial score (nSPS) is 14.5. The highest BCUT2D eigenvalue weighted by Crippen LogP contribution is 2.49. The summed E-state index contributed by atoms with van der Waals surface area (Å²) < 4.78 is 72.4. The van der Waals surface area contributed by atoms with Gasteiger partial charge >= 0.3 is 12.1 Å². The van der Waals surface area contributed by atoms with Crippen molar-refractivity contribution in [2.45, 2.75) is 38.8 Å². The van der Waals surface area contributed by atoms with E-state index in [4.69, 9.17) is 25.8 Å². The molecule has 0 saturated carbocycles. The fourth-order valence-corrected chi connectivity index (χ4v) is 8.00. The van der Waals surface area contributed by atoms with Crippen molar-refractivity contribution in [3.8, 4) is 38.9 Å². The molecule has 1 aliphatic rings. The summed E-state index contributed by atoms with van der Waals surface area (Å²) >= 11 is 8.25. The zero-order valence-corrected chi connectivity index (χ0v) is 33.0. The molecule has 1 aliphatic heterocycles. The molecule has 0 radical (unpaired) electrons. The van der Waals surface area contributed by atoms with Crippen LogP contribution in [0.25, 0.3) is 31.8 Å². The van der Waals surface area contributed by atoms with Crippen LogP contribution < -0.4 is 14.2 Å². The van der Waals surface area contributed by atoms with E-state index in [1.165, 1.54) is 42.2 Å². The Morgan fingerprint density at radius 2 is 1.79 bits per heavy atom. The molecule has 0 amide bonds. The smallest absolute Gasteiger partial charge is 0.408 e. The molecule has 0 unspecified atom stereocenters. The fourth-order valence-electron chi connectivity index (χ4n) is 6.64. The zero-order chi connectivity index (χ0) is 41.0. The Balaban J connectivity index is 1.20. The molecule has 1 N–H and O–H groups in total. The Morgan fingerprint density at radius 1 is 1.00 bits per heavy atom. The lowest BCUT2D eigenvalue weighted by atomic mass is 9.96. The second kappa shape index (κ2) is 17.6. The molecule has 18 heteroatoms. The van der Waals surface area contributed by atoms with Gasteiger partial charge < -0.3 is 24.2 Å². The van der Waals surface area contributed by atoms with Crippen molar-refractivity contribution < 1.29 is 41.7 Å². The molecule has 0 spiro atoms. The molecule has 2 aromatic carbocycles. The van der Waals surface area contributed by atoms with E-state index in [9.17, 15) is 27.5 Å². The molecule has 1 atom stereocenters. The second-order valence-electron chi connectivity index (χ2n) is 13.7. The van der Waals surface area contributed by atoms with E-state index < -0.39 is 30.7 Å². The van der Waals surface area contributed by atoms with Gasteiger partial charge in [0.05, 0.1) is 16.1 Å². The number of aliphatic carboxylic acids is 1. The van der Waals surface area contributed by atoms with Gasteiger partial charge in [-0.1, -0.05) is 35.9 Å². The lowest BCUT2D eigenvalue weighted by molar-refractivity contribution is -0.145. The number of hydrogen-bond donors (Lipinski definition) is 1. The number of para-hydroxylation sites is 1. The maximum absolute atomic E-state index is 14.0. The van der Waals surface area contributed by atoms with Crippen LogP contribution in [0.5, 0.6) is 17.4 Å². The maximum atomic E-state index is 14.0. The number of carboxylic acid groups (broad SMARTS) is 1. The van der Waals surface area contributed by atoms with Gasteiger partial charge in [-0.25, -0.2) is 19.7 Å². The number of pyridine rings is 1. The van der Waals surface area contributed by atoms with Gasteiger partial charge in [-0.3, -0.25) is 9.58 Å².